The molecule has 2 aromatic carbocycles. The number of aryl methyl sites for hydroxylation is 2. The van der Waals surface area contributed by atoms with Crippen LogP contribution in [0.3, 0.4) is 0 Å². The summed E-state index contributed by atoms with van der Waals surface area (Å²) < 4.78 is 0. The minimum atomic E-state index is 1.13. The Morgan fingerprint density at radius 3 is 1.44 bits per heavy atom. The average Bonchev–Trinajstić information content (AvgIpc) is 2.96. The van der Waals surface area contributed by atoms with Gasteiger partial charge in [0.2, 0.25) is 0 Å². The lowest BCUT2D eigenvalue weighted by Crippen LogP contribution is -1.94. The van der Waals surface area contributed by atoms with Crippen LogP contribution in [0.4, 0.5) is 0 Å². The third-order valence-corrected chi connectivity index (χ3v) is 7.75. The molecule has 212 valence electrons. The van der Waals surface area contributed by atoms with Gasteiger partial charge in [0, 0.05) is 0 Å². The first-order chi connectivity index (χ1) is 19.3. The van der Waals surface area contributed by atoms with E-state index in [9.17, 15) is 0 Å². The van der Waals surface area contributed by atoms with E-state index in [4.69, 9.17) is 5.53 Å². The second-order valence-electron chi connectivity index (χ2n) is 11.2. The Kier molecular flexibility index (Phi) is 18.5. The normalized spacial score (nSPS) is 11.3. The first kappa shape index (κ1) is 32.6. The van der Waals surface area contributed by atoms with Gasteiger partial charge >= 0.3 is 0 Å². The van der Waals surface area contributed by atoms with Crippen molar-refractivity contribution in [3.63, 3.8) is 0 Å². The molecule has 0 aliphatic rings. The Morgan fingerprint density at radius 2 is 1.03 bits per heavy atom. The summed E-state index contributed by atoms with van der Waals surface area (Å²) in [5.41, 5.74) is 15.2. The largest absolute Gasteiger partial charge is 0.348 e. The minimum absolute atomic E-state index is 1.13. The molecule has 2 heteroatoms. The van der Waals surface area contributed by atoms with Gasteiger partial charge in [-0.1, -0.05) is 159 Å². The van der Waals surface area contributed by atoms with E-state index in [-0.39, 0.29) is 0 Å². The highest BCUT2D eigenvalue weighted by Gasteiger charge is 2.07. The van der Waals surface area contributed by atoms with E-state index < -0.39 is 0 Å². The van der Waals surface area contributed by atoms with E-state index in [2.05, 4.69) is 73.0 Å². The number of benzene rings is 2. The second-order valence-corrected chi connectivity index (χ2v) is 11.2. The van der Waals surface area contributed by atoms with Gasteiger partial charge in [-0.05, 0) is 59.6 Å². The molecule has 0 amide bonds. The standard InChI is InChI=1S/C37H54N2/c1-3-5-7-9-11-12-13-14-15-17-19-24-34-26-21-28-36(32-34)37(29-22-30-39-38)35-27-20-25-33(31-35)23-18-16-10-8-6-4-2/h20-22,25-29,31-32H,3-19,23-24H2,1-2H3. The summed E-state index contributed by atoms with van der Waals surface area (Å²) in [5.74, 6) is 2.56. The maximum Gasteiger partial charge on any atom is 0.299 e. The minimum Gasteiger partial charge on any atom is -0.348 e. The molecule has 2 rings (SSSR count). The first-order valence-electron chi connectivity index (χ1n) is 16.1. The molecule has 0 spiro atoms. The lowest BCUT2D eigenvalue weighted by Gasteiger charge is -2.12. The molecular formula is C37H54N2. The number of hydrogen-bond donors (Lipinski definition) is 0. The maximum absolute atomic E-state index is 8.87. The van der Waals surface area contributed by atoms with Gasteiger partial charge < -0.3 is 5.53 Å². The number of nitrogens with zero attached hydrogens (tertiary/aromatic N) is 2. The number of hydrogen-bond acceptors (Lipinski definition) is 0. The van der Waals surface area contributed by atoms with Gasteiger partial charge in [-0.25, -0.2) is 0 Å². The Labute approximate surface area is 240 Å². The van der Waals surface area contributed by atoms with E-state index in [1.807, 2.05) is 6.08 Å². The molecule has 0 heterocycles. The van der Waals surface area contributed by atoms with E-state index in [1.165, 1.54) is 131 Å². The van der Waals surface area contributed by atoms with Crippen LogP contribution in [0.25, 0.3) is 11.1 Å². The predicted octanol–water partition coefficient (Wildman–Crippen LogP) is 11.3. The van der Waals surface area contributed by atoms with Crippen molar-refractivity contribution in [2.24, 2.45) is 0 Å². The Bertz CT molecular complexity index is 1020. The fourth-order valence-electron chi connectivity index (χ4n) is 5.40. The molecule has 0 fully saturated rings. The Balaban J connectivity index is 1.91. The smallest absolute Gasteiger partial charge is 0.299 e. The highest BCUT2D eigenvalue weighted by molar-refractivity contribution is 5.82. The summed E-state index contributed by atoms with van der Waals surface area (Å²) in [5, 5.41) is 0. The monoisotopic (exact) mass is 526 g/mol. The van der Waals surface area contributed by atoms with Crippen LogP contribution >= 0.6 is 0 Å². The van der Waals surface area contributed by atoms with Gasteiger partial charge in [0.05, 0.1) is 6.08 Å². The van der Waals surface area contributed by atoms with E-state index in [1.54, 1.807) is 6.08 Å². The van der Waals surface area contributed by atoms with Crippen molar-refractivity contribution in [3.8, 4) is 0 Å². The molecule has 0 saturated carbocycles. The van der Waals surface area contributed by atoms with Crippen LogP contribution in [0.5, 0.6) is 0 Å². The molecule has 0 aromatic heterocycles. The zero-order valence-corrected chi connectivity index (χ0v) is 25.1. The highest BCUT2D eigenvalue weighted by Crippen LogP contribution is 2.26. The molecule has 0 radical (unpaired) electrons. The van der Waals surface area contributed by atoms with Gasteiger partial charge in [-0.15, -0.1) is 4.79 Å². The number of rotatable bonds is 22. The van der Waals surface area contributed by atoms with Crippen molar-refractivity contribution < 1.29 is 4.79 Å². The topological polar surface area (TPSA) is 36.4 Å². The molecular weight excluding hydrogens is 472 g/mol. The van der Waals surface area contributed by atoms with Crippen molar-refractivity contribution in [3.05, 3.63) is 88.5 Å². The van der Waals surface area contributed by atoms with Crippen molar-refractivity contribution in [2.75, 3.05) is 0 Å². The van der Waals surface area contributed by atoms with E-state index >= 15 is 0 Å². The SMILES string of the molecule is CCCCCCCCCCCCCc1cccc(C(=CC=C=[N+]=[N-])c2cccc(CCCCCCCC)c2)c1. The molecule has 0 aliphatic carbocycles. The molecule has 39 heavy (non-hydrogen) atoms. The summed E-state index contributed by atoms with van der Waals surface area (Å²) in [6.07, 6.45) is 29.0. The Hall–Kier alpha value is -2.66. The van der Waals surface area contributed by atoms with Gasteiger partial charge in [0.15, 0.2) is 0 Å². The summed E-state index contributed by atoms with van der Waals surface area (Å²) in [6.45, 7) is 4.56. The van der Waals surface area contributed by atoms with E-state index in [0.29, 0.717) is 0 Å². The van der Waals surface area contributed by atoms with Gasteiger partial charge in [0.1, 0.15) is 0 Å². The molecule has 0 N–H and O–H groups in total. The predicted molar refractivity (Wildman–Crippen MR) is 170 cm³/mol. The fraction of sp³-hybridized carbons (Fsp3) is 0.568. The molecule has 0 unspecified atom stereocenters. The third-order valence-electron chi connectivity index (χ3n) is 7.75. The summed E-state index contributed by atoms with van der Waals surface area (Å²) >= 11 is 0. The van der Waals surface area contributed by atoms with E-state index in [0.717, 1.165) is 18.4 Å². The molecule has 2 nitrogen and oxygen atoms in total. The van der Waals surface area contributed by atoms with Gasteiger partial charge in [0.25, 0.3) is 5.87 Å². The van der Waals surface area contributed by atoms with Crippen LogP contribution in [0, 0.1) is 0 Å². The zero-order valence-electron chi connectivity index (χ0n) is 25.1. The van der Waals surface area contributed by atoms with Crippen molar-refractivity contribution >= 4 is 11.4 Å². The summed E-state index contributed by atoms with van der Waals surface area (Å²) in [7, 11) is 0. The van der Waals surface area contributed by atoms with Crippen LogP contribution in [-0.2, 0) is 12.8 Å². The lowest BCUT2D eigenvalue weighted by molar-refractivity contribution is 0.00805. The zero-order chi connectivity index (χ0) is 27.8. The first-order valence-corrected chi connectivity index (χ1v) is 16.1. The van der Waals surface area contributed by atoms with Gasteiger partial charge in [-0.3, -0.25) is 0 Å². The lowest BCUT2D eigenvalue weighted by atomic mass is 9.93. The summed E-state index contributed by atoms with van der Waals surface area (Å²) in [6, 6.07) is 17.9. The number of allylic oxidation sites excluding steroid dienone is 2. The average molecular weight is 527 g/mol. The molecule has 0 atom stereocenters. The fourth-order valence-corrected chi connectivity index (χ4v) is 5.40. The molecule has 0 saturated heterocycles. The van der Waals surface area contributed by atoms with Crippen molar-refractivity contribution in [2.45, 2.75) is 136 Å². The van der Waals surface area contributed by atoms with Crippen LogP contribution in [0.2, 0.25) is 0 Å². The van der Waals surface area contributed by atoms with Crippen molar-refractivity contribution in [1.82, 2.24) is 0 Å². The van der Waals surface area contributed by atoms with Crippen LogP contribution in [0.15, 0.2) is 60.7 Å². The van der Waals surface area contributed by atoms with Crippen LogP contribution in [0.1, 0.15) is 145 Å². The van der Waals surface area contributed by atoms with Crippen LogP contribution < -0.4 is 0 Å². The summed E-state index contributed by atoms with van der Waals surface area (Å²) in [4.78, 5) is 3.04. The van der Waals surface area contributed by atoms with Crippen LogP contribution in [-0.4, -0.2) is 10.7 Å². The third kappa shape index (κ3) is 14.9. The van der Waals surface area contributed by atoms with Gasteiger partial charge in [-0.2, -0.15) is 0 Å². The molecule has 0 aliphatic heterocycles. The molecule has 0 bridgehead atoms. The van der Waals surface area contributed by atoms with Crippen molar-refractivity contribution in [1.29, 1.82) is 0 Å². The Morgan fingerprint density at radius 1 is 0.615 bits per heavy atom. The molecule has 2 aromatic rings. The maximum atomic E-state index is 8.87. The highest BCUT2D eigenvalue weighted by atomic mass is 14.8. The number of unbranched alkanes of at least 4 members (excludes halogenated alkanes) is 15. The quantitative estimate of drug-likeness (QED) is 0.0481. The second kappa shape index (κ2) is 22.2.